The Kier molecular flexibility index (Phi) is 6.43. The minimum Gasteiger partial charge on any atom is -0.497 e. The van der Waals surface area contributed by atoms with E-state index in [0.717, 1.165) is 35.8 Å². The third-order valence-electron chi connectivity index (χ3n) is 3.81. The molecule has 0 saturated heterocycles. The smallest absolute Gasteiger partial charge is 0.248 e. The summed E-state index contributed by atoms with van der Waals surface area (Å²) >= 11 is 0. The van der Waals surface area contributed by atoms with E-state index in [2.05, 4.69) is 24.1 Å². The third-order valence-corrected chi connectivity index (χ3v) is 3.81. The second kappa shape index (κ2) is 8.77. The van der Waals surface area contributed by atoms with Gasteiger partial charge < -0.3 is 15.0 Å². The SMILES string of the molecule is CCN(CC)c1ccc(NC(=O)/C=C\c2ccc(OC)cc2)cc1. The van der Waals surface area contributed by atoms with Gasteiger partial charge in [-0.15, -0.1) is 0 Å². The summed E-state index contributed by atoms with van der Waals surface area (Å²) in [6.07, 6.45) is 3.30. The first-order valence-corrected chi connectivity index (χ1v) is 8.14. The molecule has 0 aliphatic carbocycles. The lowest BCUT2D eigenvalue weighted by Crippen LogP contribution is -2.21. The fourth-order valence-corrected chi connectivity index (χ4v) is 2.42. The maximum absolute atomic E-state index is 12.0. The van der Waals surface area contributed by atoms with Crippen LogP contribution in [0.1, 0.15) is 19.4 Å². The number of anilines is 2. The highest BCUT2D eigenvalue weighted by molar-refractivity contribution is 6.02. The molecule has 2 aromatic rings. The maximum atomic E-state index is 12.0. The fourth-order valence-electron chi connectivity index (χ4n) is 2.42. The molecular formula is C20H24N2O2. The van der Waals surface area contributed by atoms with E-state index in [1.807, 2.05) is 48.5 Å². The molecule has 0 heterocycles. The van der Waals surface area contributed by atoms with Gasteiger partial charge in [-0.1, -0.05) is 12.1 Å². The molecular weight excluding hydrogens is 300 g/mol. The summed E-state index contributed by atoms with van der Waals surface area (Å²) < 4.78 is 5.11. The molecule has 0 atom stereocenters. The van der Waals surface area contributed by atoms with Gasteiger partial charge in [-0.25, -0.2) is 0 Å². The topological polar surface area (TPSA) is 41.6 Å². The van der Waals surface area contributed by atoms with Gasteiger partial charge in [0.15, 0.2) is 0 Å². The molecule has 0 bridgehead atoms. The standard InChI is InChI=1S/C20H24N2O2/c1-4-22(5-2)18-11-9-17(10-12-18)21-20(23)15-8-16-6-13-19(24-3)14-7-16/h6-15H,4-5H2,1-3H3,(H,21,23)/b15-8-. The number of benzene rings is 2. The van der Waals surface area contributed by atoms with Crippen LogP contribution in [0.3, 0.4) is 0 Å². The quantitative estimate of drug-likeness (QED) is 0.776. The van der Waals surface area contributed by atoms with Gasteiger partial charge in [0.25, 0.3) is 0 Å². The van der Waals surface area contributed by atoms with Crippen LogP contribution in [0, 0.1) is 0 Å². The summed E-state index contributed by atoms with van der Waals surface area (Å²) in [6.45, 7) is 6.19. The zero-order valence-electron chi connectivity index (χ0n) is 14.5. The first-order valence-electron chi connectivity index (χ1n) is 8.14. The van der Waals surface area contributed by atoms with Gasteiger partial charge in [0.05, 0.1) is 7.11 Å². The second-order valence-electron chi connectivity index (χ2n) is 5.31. The van der Waals surface area contributed by atoms with Gasteiger partial charge in [0.2, 0.25) is 5.91 Å². The minimum absolute atomic E-state index is 0.151. The average Bonchev–Trinajstić information content (AvgIpc) is 2.63. The molecule has 0 aliphatic rings. The van der Waals surface area contributed by atoms with Gasteiger partial charge >= 0.3 is 0 Å². The van der Waals surface area contributed by atoms with E-state index in [1.54, 1.807) is 13.2 Å². The van der Waals surface area contributed by atoms with E-state index in [4.69, 9.17) is 4.74 Å². The molecule has 24 heavy (non-hydrogen) atoms. The van der Waals surface area contributed by atoms with Crippen LogP contribution in [0.4, 0.5) is 11.4 Å². The van der Waals surface area contributed by atoms with Crippen molar-refractivity contribution in [3.05, 3.63) is 60.2 Å². The number of rotatable bonds is 7. The van der Waals surface area contributed by atoms with Crippen molar-refractivity contribution in [3.63, 3.8) is 0 Å². The molecule has 126 valence electrons. The van der Waals surface area contributed by atoms with Crippen LogP contribution in [0.2, 0.25) is 0 Å². The number of amides is 1. The molecule has 2 aromatic carbocycles. The maximum Gasteiger partial charge on any atom is 0.248 e. The number of carbonyl (C=O) groups is 1. The monoisotopic (exact) mass is 324 g/mol. The highest BCUT2D eigenvalue weighted by Crippen LogP contribution is 2.18. The zero-order chi connectivity index (χ0) is 17.4. The summed E-state index contributed by atoms with van der Waals surface area (Å²) in [5.74, 6) is 0.645. The lowest BCUT2D eigenvalue weighted by molar-refractivity contribution is -0.111. The summed E-state index contributed by atoms with van der Waals surface area (Å²) in [5, 5.41) is 2.87. The largest absolute Gasteiger partial charge is 0.497 e. The molecule has 0 fully saturated rings. The Hall–Kier alpha value is -2.75. The molecule has 0 unspecified atom stereocenters. The number of hydrogen-bond donors (Lipinski definition) is 1. The Morgan fingerprint density at radius 2 is 1.67 bits per heavy atom. The first kappa shape index (κ1) is 17.6. The third kappa shape index (κ3) is 4.88. The summed E-state index contributed by atoms with van der Waals surface area (Å²) in [6, 6.07) is 15.4. The molecule has 1 amide bonds. The van der Waals surface area contributed by atoms with Gasteiger partial charge in [0.1, 0.15) is 5.75 Å². The van der Waals surface area contributed by atoms with Crippen LogP contribution >= 0.6 is 0 Å². The lowest BCUT2D eigenvalue weighted by Gasteiger charge is -2.21. The lowest BCUT2D eigenvalue weighted by atomic mass is 10.2. The summed E-state index contributed by atoms with van der Waals surface area (Å²) in [5.41, 5.74) is 2.89. The van der Waals surface area contributed by atoms with Crippen molar-refractivity contribution in [2.24, 2.45) is 0 Å². The van der Waals surface area contributed by atoms with Crippen LogP contribution in [0.25, 0.3) is 6.08 Å². The average molecular weight is 324 g/mol. The van der Waals surface area contributed by atoms with Crippen molar-refractivity contribution in [3.8, 4) is 5.75 Å². The number of ether oxygens (including phenoxy) is 1. The number of nitrogens with zero attached hydrogens (tertiary/aromatic N) is 1. The zero-order valence-corrected chi connectivity index (χ0v) is 14.5. The van der Waals surface area contributed by atoms with Crippen LogP contribution in [-0.4, -0.2) is 26.1 Å². The van der Waals surface area contributed by atoms with Crippen molar-refractivity contribution < 1.29 is 9.53 Å². The molecule has 2 rings (SSSR count). The van der Waals surface area contributed by atoms with Crippen molar-refractivity contribution >= 4 is 23.4 Å². The molecule has 0 saturated carbocycles. The van der Waals surface area contributed by atoms with Gasteiger partial charge in [-0.2, -0.15) is 0 Å². The van der Waals surface area contributed by atoms with Crippen LogP contribution in [0.15, 0.2) is 54.6 Å². The van der Waals surface area contributed by atoms with E-state index in [0.29, 0.717) is 0 Å². The highest BCUT2D eigenvalue weighted by Gasteiger charge is 2.02. The normalized spacial score (nSPS) is 10.6. The highest BCUT2D eigenvalue weighted by atomic mass is 16.5. The summed E-state index contributed by atoms with van der Waals surface area (Å²) in [7, 11) is 1.63. The number of hydrogen-bond acceptors (Lipinski definition) is 3. The Labute approximate surface area is 143 Å². The summed E-state index contributed by atoms with van der Waals surface area (Å²) in [4.78, 5) is 14.3. The predicted octanol–water partition coefficient (Wildman–Crippen LogP) is 4.19. The van der Waals surface area contributed by atoms with Crippen molar-refractivity contribution in [1.29, 1.82) is 0 Å². The number of nitrogens with one attached hydrogen (secondary N) is 1. The Balaban J connectivity index is 1.95. The predicted molar refractivity (Wildman–Crippen MR) is 101 cm³/mol. The van der Waals surface area contributed by atoms with E-state index >= 15 is 0 Å². The van der Waals surface area contributed by atoms with Crippen LogP contribution in [0.5, 0.6) is 5.75 Å². The van der Waals surface area contributed by atoms with Gasteiger partial charge in [0, 0.05) is 30.5 Å². The van der Waals surface area contributed by atoms with Crippen molar-refractivity contribution in [1.82, 2.24) is 0 Å². The molecule has 0 aliphatic heterocycles. The number of carbonyl (C=O) groups excluding carboxylic acids is 1. The molecule has 0 radical (unpaired) electrons. The second-order valence-corrected chi connectivity index (χ2v) is 5.31. The Morgan fingerprint density at radius 1 is 1.04 bits per heavy atom. The first-order chi connectivity index (χ1) is 11.7. The van der Waals surface area contributed by atoms with Gasteiger partial charge in [-0.3, -0.25) is 4.79 Å². The van der Waals surface area contributed by atoms with E-state index in [-0.39, 0.29) is 5.91 Å². The van der Waals surface area contributed by atoms with E-state index in [9.17, 15) is 4.79 Å². The molecule has 4 nitrogen and oxygen atoms in total. The van der Waals surface area contributed by atoms with E-state index < -0.39 is 0 Å². The molecule has 0 spiro atoms. The number of methoxy groups -OCH3 is 1. The Bertz CT molecular complexity index is 672. The Morgan fingerprint density at radius 3 is 2.21 bits per heavy atom. The molecule has 4 heteroatoms. The fraction of sp³-hybridized carbons (Fsp3) is 0.250. The van der Waals surface area contributed by atoms with Crippen molar-refractivity contribution in [2.75, 3.05) is 30.4 Å². The van der Waals surface area contributed by atoms with Crippen molar-refractivity contribution in [2.45, 2.75) is 13.8 Å². The van der Waals surface area contributed by atoms with Crippen LogP contribution in [-0.2, 0) is 4.79 Å². The minimum atomic E-state index is -0.151. The van der Waals surface area contributed by atoms with Crippen LogP contribution < -0.4 is 15.0 Å². The molecule has 0 aromatic heterocycles. The van der Waals surface area contributed by atoms with E-state index in [1.165, 1.54) is 6.08 Å². The molecule has 1 N–H and O–H groups in total. The van der Waals surface area contributed by atoms with Gasteiger partial charge in [-0.05, 0) is 61.9 Å².